The molecule has 0 aliphatic heterocycles. The summed E-state index contributed by atoms with van der Waals surface area (Å²) < 4.78 is 0. The molecule has 4 heteroatoms. The van der Waals surface area contributed by atoms with Gasteiger partial charge in [-0.25, -0.2) is 0 Å². The molecule has 1 heterocycles. The van der Waals surface area contributed by atoms with Crippen molar-refractivity contribution < 1.29 is 4.79 Å². The Morgan fingerprint density at radius 3 is 2.71 bits per heavy atom. The number of nitrogens with zero attached hydrogens (tertiary/aromatic N) is 1. The molecule has 1 aromatic heterocycles. The zero-order valence-corrected chi connectivity index (χ0v) is 14.3. The van der Waals surface area contributed by atoms with Crippen molar-refractivity contribution >= 4 is 16.7 Å². The molecule has 1 aliphatic carbocycles. The van der Waals surface area contributed by atoms with E-state index in [-0.39, 0.29) is 17.1 Å². The molecule has 1 saturated carbocycles. The number of hydrogen-bond acceptors (Lipinski definition) is 3. The summed E-state index contributed by atoms with van der Waals surface area (Å²) in [5.41, 5.74) is 8.78. The van der Waals surface area contributed by atoms with Crippen LogP contribution in [0.4, 0.5) is 0 Å². The van der Waals surface area contributed by atoms with Gasteiger partial charge in [0.15, 0.2) is 0 Å². The predicted molar refractivity (Wildman–Crippen MR) is 97.1 cm³/mol. The van der Waals surface area contributed by atoms with Gasteiger partial charge in [-0.15, -0.1) is 0 Å². The van der Waals surface area contributed by atoms with Crippen LogP contribution in [0, 0.1) is 6.92 Å². The molecule has 0 saturated heterocycles. The highest BCUT2D eigenvalue weighted by Crippen LogP contribution is 2.61. The fraction of sp³-hybridized carbons (Fsp3) is 0.300. The lowest BCUT2D eigenvalue weighted by Gasteiger charge is -2.17. The first-order chi connectivity index (χ1) is 11.6. The maximum atomic E-state index is 12.5. The lowest BCUT2D eigenvalue weighted by Crippen LogP contribution is -2.20. The number of nitrogens with one attached hydrogen (secondary N) is 1. The van der Waals surface area contributed by atoms with Gasteiger partial charge in [0.1, 0.15) is 5.78 Å². The first-order valence-corrected chi connectivity index (χ1v) is 8.21. The molecule has 2 atom stereocenters. The summed E-state index contributed by atoms with van der Waals surface area (Å²) >= 11 is 0. The van der Waals surface area contributed by atoms with E-state index in [1.54, 1.807) is 6.92 Å². The van der Waals surface area contributed by atoms with E-state index in [0.717, 1.165) is 17.3 Å². The minimum absolute atomic E-state index is 0.261. The molecular weight excluding hydrogens is 298 g/mol. The lowest BCUT2D eigenvalue weighted by atomic mass is 9.85. The Morgan fingerprint density at radius 2 is 2.00 bits per heavy atom. The standard InChI is InChI=1S/C19H18N2O.CH5N/c1-12-5-3-4-6-16(12)19(13(2)22)10-17(19)14-7-8-15-11-20-21-18(15)9-14;1-2/h3-9,11,17H,10H2,1-2H3,(H,20,21);2H2,1H3/t17-,19-;/m0./s1. The third-order valence-electron chi connectivity index (χ3n) is 5.08. The molecule has 4 nitrogen and oxygen atoms in total. The molecule has 124 valence electrons. The normalized spacial score (nSPS) is 21.9. The SMILES string of the molecule is CC(=O)[C@]1(c2ccccc2C)C[C@H]1c1ccc2cn[nH]c2c1.CN. The first kappa shape index (κ1) is 16.4. The molecular formula is C20H23N3O. The van der Waals surface area contributed by atoms with Crippen molar-refractivity contribution in [1.82, 2.24) is 10.2 Å². The maximum Gasteiger partial charge on any atom is 0.140 e. The van der Waals surface area contributed by atoms with Crippen molar-refractivity contribution in [3.63, 3.8) is 0 Å². The van der Waals surface area contributed by atoms with Crippen molar-refractivity contribution in [3.05, 3.63) is 65.4 Å². The van der Waals surface area contributed by atoms with E-state index in [0.29, 0.717) is 0 Å². The summed E-state index contributed by atoms with van der Waals surface area (Å²) in [6.45, 7) is 3.81. The number of Topliss-reactive ketones (excluding diaryl/α,β-unsaturated/α-hetero) is 1. The number of fused-ring (bicyclic) bond motifs is 1. The minimum atomic E-state index is -0.348. The Bertz CT molecular complexity index is 883. The van der Waals surface area contributed by atoms with Crippen LogP contribution in [0.25, 0.3) is 10.9 Å². The second kappa shape index (κ2) is 6.21. The average molecular weight is 321 g/mol. The third-order valence-corrected chi connectivity index (χ3v) is 5.08. The van der Waals surface area contributed by atoms with Gasteiger partial charge in [0.05, 0.1) is 17.1 Å². The van der Waals surface area contributed by atoms with Crippen LogP contribution in [-0.2, 0) is 10.2 Å². The van der Waals surface area contributed by atoms with E-state index < -0.39 is 0 Å². The van der Waals surface area contributed by atoms with Gasteiger partial charge < -0.3 is 5.73 Å². The quantitative estimate of drug-likeness (QED) is 0.776. The van der Waals surface area contributed by atoms with Gasteiger partial charge in [0.25, 0.3) is 0 Å². The molecule has 0 radical (unpaired) electrons. The van der Waals surface area contributed by atoms with Gasteiger partial charge in [-0.1, -0.05) is 36.4 Å². The largest absolute Gasteiger partial charge is 0.333 e. The summed E-state index contributed by atoms with van der Waals surface area (Å²) in [6.07, 6.45) is 2.72. The fourth-order valence-electron chi connectivity index (χ4n) is 3.79. The number of H-pyrrole nitrogens is 1. The second-order valence-corrected chi connectivity index (χ2v) is 6.32. The average Bonchev–Trinajstić information content (AvgIpc) is 3.19. The molecule has 4 rings (SSSR count). The second-order valence-electron chi connectivity index (χ2n) is 6.32. The van der Waals surface area contributed by atoms with Crippen molar-refractivity contribution in [3.8, 4) is 0 Å². The summed E-state index contributed by atoms with van der Waals surface area (Å²) in [7, 11) is 1.50. The molecule has 24 heavy (non-hydrogen) atoms. The molecule has 3 N–H and O–H groups in total. The molecule has 2 aromatic carbocycles. The van der Waals surface area contributed by atoms with Crippen LogP contribution < -0.4 is 5.73 Å². The number of ketones is 1. The predicted octanol–water partition coefficient (Wildman–Crippen LogP) is 3.46. The number of carbonyl (C=O) groups is 1. The number of aromatic nitrogens is 2. The maximum absolute atomic E-state index is 12.5. The number of rotatable bonds is 3. The van der Waals surface area contributed by atoms with E-state index in [4.69, 9.17) is 0 Å². The van der Waals surface area contributed by atoms with Crippen LogP contribution in [0.3, 0.4) is 0 Å². The van der Waals surface area contributed by atoms with Crippen molar-refractivity contribution in [2.24, 2.45) is 5.73 Å². The van der Waals surface area contributed by atoms with E-state index in [2.05, 4.69) is 53.2 Å². The van der Waals surface area contributed by atoms with Gasteiger partial charge in [0, 0.05) is 11.3 Å². The fourth-order valence-corrected chi connectivity index (χ4v) is 3.79. The topological polar surface area (TPSA) is 71.8 Å². The highest BCUT2D eigenvalue weighted by Gasteiger charge is 2.60. The third kappa shape index (κ3) is 2.43. The van der Waals surface area contributed by atoms with Crippen LogP contribution >= 0.6 is 0 Å². The zero-order valence-electron chi connectivity index (χ0n) is 14.3. The van der Waals surface area contributed by atoms with Crippen LogP contribution in [0.1, 0.15) is 36.0 Å². The Morgan fingerprint density at radius 1 is 1.25 bits per heavy atom. The molecule has 0 spiro atoms. The number of aryl methyl sites for hydroxylation is 1. The minimum Gasteiger partial charge on any atom is -0.333 e. The number of benzene rings is 2. The highest BCUT2D eigenvalue weighted by molar-refractivity contribution is 5.94. The van der Waals surface area contributed by atoms with Crippen LogP contribution in [0.5, 0.6) is 0 Å². The van der Waals surface area contributed by atoms with Crippen LogP contribution in [-0.4, -0.2) is 23.0 Å². The van der Waals surface area contributed by atoms with Gasteiger partial charge in [-0.2, -0.15) is 5.10 Å². The van der Waals surface area contributed by atoms with Gasteiger partial charge >= 0.3 is 0 Å². The summed E-state index contributed by atoms with van der Waals surface area (Å²) in [4.78, 5) is 12.5. The molecule has 0 bridgehead atoms. The smallest absolute Gasteiger partial charge is 0.140 e. The molecule has 1 aliphatic rings. The number of nitrogens with two attached hydrogens (primary N) is 1. The van der Waals surface area contributed by atoms with Crippen LogP contribution in [0.2, 0.25) is 0 Å². The molecule has 1 fully saturated rings. The Labute approximate surface area is 142 Å². The monoisotopic (exact) mass is 321 g/mol. The molecule has 3 aromatic rings. The molecule has 0 unspecified atom stereocenters. The summed E-state index contributed by atoms with van der Waals surface area (Å²) in [5.74, 6) is 0.523. The first-order valence-electron chi connectivity index (χ1n) is 8.21. The van der Waals surface area contributed by atoms with Crippen molar-refractivity contribution in [2.75, 3.05) is 7.05 Å². The Kier molecular flexibility index (Phi) is 4.24. The number of aromatic amines is 1. The van der Waals surface area contributed by atoms with E-state index in [1.165, 1.54) is 23.7 Å². The Balaban J connectivity index is 0.000000815. The summed E-state index contributed by atoms with van der Waals surface area (Å²) in [5, 5.41) is 8.19. The van der Waals surface area contributed by atoms with E-state index in [1.807, 2.05) is 18.3 Å². The van der Waals surface area contributed by atoms with Gasteiger partial charge in [-0.3, -0.25) is 9.89 Å². The number of hydrogen-bond donors (Lipinski definition) is 2. The Hall–Kier alpha value is -2.46. The van der Waals surface area contributed by atoms with Gasteiger partial charge in [-0.05, 0) is 50.1 Å². The lowest BCUT2D eigenvalue weighted by molar-refractivity contribution is -0.119. The van der Waals surface area contributed by atoms with Gasteiger partial charge in [0.2, 0.25) is 0 Å². The van der Waals surface area contributed by atoms with E-state index in [9.17, 15) is 4.79 Å². The number of carbonyl (C=O) groups excluding carboxylic acids is 1. The zero-order chi connectivity index (χ0) is 17.3. The molecule has 0 amide bonds. The van der Waals surface area contributed by atoms with Crippen molar-refractivity contribution in [2.45, 2.75) is 31.6 Å². The van der Waals surface area contributed by atoms with E-state index >= 15 is 0 Å². The van der Waals surface area contributed by atoms with Crippen LogP contribution in [0.15, 0.2) is 48.7 Å². The summed E-state index contributed by atoms with van der Waals surface area (Å²) in [6, 6.07) is 14.6. The highest BCUT2D eigenvalue weighted by atomic mass is 16.1. The van der Waals surface area contributed by atoms with Crippen molar-refractivity contribution in [1.29, 1.82) is 0 Å².